The molecular formula is C18H19NO7. The first-order valence-corrected chi connectivity index (χ1v) is 8.24. The molecule has 138 valence electrons. The largest absolute Gasteiger partial charge is 0.455 e. The van der Waals surface area contributed by atoms with Crippen LogP contribution < -0.4 is 0 Å². The van der Waals surface area contributed by atoms with E-state index in [1.807, 2.05) is 0 Å². The lowest BCUT2D eigenvalue weighted by molar-refractivity contribution is -0.194. The molecule has 8 heteroatoms. The Morgan fingerprint density at radius 2 is 1.58 bits per heavy atom. The van der Waals surface area contributed by atoms with Gasteiger partial charge in [-0.2, -0.15) is 0 Å². The summed E-state index contributed by atoms with van der Waals surface area (Å²) in [5, 5.41) is 0. The standard InChI is InChI=1S/C18H19NO7/c1-9-14(26-18(25-11(3)21)15(9)24-10(2)20)8-19-16(22)12-6-4-5-7-13(12)17(19)23/h4-7,9,14-15,18H,8H2,1-3H3/t9-,14-,15-,18?/m1/s1. The van der Waals surface area contributed by atoms with Gasteiger partial charge in [0.1, 0.15) is 0 Å². The molecule has 0 radical (unpaired) electrons. The molecule has 2 aliphatic heterocycles. The molecule has 2 aliphatic rings. The molecular weight excluding hydrogens is 342 g/mol. The zero-order chi connectivity index (χ0) is 19.0. The lowest BCUT2D eigenvalue weighted by atomic mass is 10.0. The Hall–Kier alpha value is -2.74. The van der Waals surface area contributed by atoms with Gasteiger partial charge in [-0.25, -0.2) is 0 Å². The van der Waals surface area contributed by atoms with Crippen molar-refractivity contribution in [3.05, 3.63) is 35.4 Å². The first kappa shape index (κ1) is 18.1. The van der Waals surface area contributed by atoms with Crippen LogP contribution in [0, 0.1) is 5.92 Å². The first-order chi connectivity index (χ1) is 12.3. The minimum atomic E-state index is -1.08. The number of hydrogen-bond acceptors (Lipinski definition) is 7. The van der Waals surface area contributed by atoms with Crippen LogP contribution in [-0.4, -0.2) is 53.7 Å². The van der Waals surface area contributed by atoms with Crippen molar-refractivity contribution in [2.45, 2.75) is 39.3 Å². The van der Waals surface area contributed by atoms with E-state index in [-0.39, 0.29) is 12.5 Å². The van der Waals surface area contributed by atoms with Gasteiger partial charge >= 0.3 is 11.9 Å². The van der Waals surface area contributed by atoms with Crippen molar-refractivity contribution < 1.29 is 33.4 Å². The van der Waals surface area contributed by atoms with Crippen LogP contribution in [-0.2, 0) is 23.8 Å². The second-order valence-corrected chi connectivity index (χ2v) is 6.35. The lowest BCUT2D eigenvalue weighted by Gasteiger charge is -2.22. The summed E-state index contributed by atoms with van der Waals surface area (Å²) in [4.78, 5) is 48.7. The number of carbonyl (C=O) groups excluding carboxylic acids is 4. The molecule has 1 aromatic carbocycles. The van der Waals surface area contributed by atoms with E-state index in [0.717, 1.165) is 4.90 Å². The third kappa shape index (κ3) is 3.20. The molecule has 1 saturated heterocycles. The van der Waals surface area contributed by atoms with E-state index in [1.54, 1.807) is 31.2 Å². The van der Waals surface area contributed by atoms with E-state index in [4.69, 9.17) is 14.2 Å². The molecule has 0 spiro atoms. The third-order valence-electron chi connectivity index (χ3n) is 4.51. The van der Waals surface area contributed by atoms with Gasteiger partial charge in [0.05, 0.1) is 23.8 Å². The molecule has 0 bridgehead atoms. The van der Waals surface area contributed by atoms with E-state index < -0.39 is 42.3 Å². The van der Waals surface area contributed by atoms with E-state index in [2.05, 4.69) is 0 Å². The summed E-state index contributed by atoms with van der Waals surface area (Å²) in [6.45, 7) is 4.19. The van der Waals surface area contributed by atoms with E-state index in [1.165, 1.54) is 13.8 Å². The second-order valence-electron chi connectivity index (χ2n) is 6.35. The first-order valence-electron chi connectivity index (χ1n) is 8.24. The maximum absolute atomic E-state index is 12.5. The molecule has 26 heavy (non-hydrogen) atoms. The zero-order valence-corrected chi connectivity index (χ0v) is 14.6. The molecule has 4 atom stereocenters. The fourth-order valence-corrected chi connectivity index (χ4v) is 3.24. The van der Waals surface area contributed by atoms with Crippen LogP contribution in [0.4, 0.5) is 0 Å². The number of hydrogen-bond donors (Lipinski definition) is 0. The third-order valence-corrected chi connectivity index (χ3v) is 4.51. The number of ether oxygens (including phenoxy) is 3. The minimum Gasteiger partial charge on any atom is -0.455 e. The van der Waals surface area contributed by atoms with Gasteiger partial charge in [0, 0.05) is 19.8 Å². The van der Waals surface area contributed by atoms with Crippen LogP contribution in [0.1, 0.15) is 41.5 Å². The van der Waals surface area contributed by atoms with Gasteiger partial charge in [-0.15, -0.1) is 0 Å². The van der Waals surface area contributed by atoms with Gasteiger partial charge in [-0.3, -0.25) is 24.1 Å². The number of amides is 2. The highest BCUT2D eigenvalue weighted by atomic mass is 16.7. The number of esters is 2. The smallest absolute Gasteiger partial charge is 0.305 e. The molecule has 0 saturated carbocycles. The number of imide groups is 1. The van der Waals surface area contributed by atoms with Crippen molar-refractivity contribution in [2.75, 3.05) is 6.54 Å². The zero-order valence-electron chi connectivity index (χ0n) is 14.6. The summed E-state index contributed by atoms with van der Waals surface area (Å²) in [6.07, 6.45) is -2.52. The molecule has 2 heterocycles. The van der Waals surface area contributed by atoms with Gasteiger partial charge < -0.3 is 14.2 Å². The number of nitrogens with zero attached hydrogens (tertiary/aromatic N) is 1. The van der Waals surface area contributed by atoms with Gasteiger partial charge in [-0.05, 0) is 12.1 Å². The van der Waals surface area contributed by atoms with E-state index >= 15 is 0 Å². The Morgan fingerprint density at radius 1 is 1.04 bits per heavy atom. The van der Waals surface area contributed by atoms with Crippen LogP contribution in [0.2, 0.25) is 0 Å². The van der Waals surface area contributed by atoms with Crippen LogP contribution in [0.5, 0.6) is 0 Å². The second kappa shape index (κ2) is 6.87. The van der Waals surface area contributed by atoms with E-state index in [9.17, 15) is 19.2 Å². The molecule has 0 aliphatic carbocycles. The van der Waals surface area contributed by atoms with Crippen molar-refractivity contribution in [3.8, 4) is 0 Å². The number of carbonyl (C=O) groups is 4. The van der Waals surface area contributed by atoms with Crippen LogP contribution in [0.3, 0.4) is 0 Å². The van der Waals surface area contributed by atoms with Gasteiger partial charge in [-0.1, -0.05) is 19.1 Å². The Kier molecular flexibility index (Phi) is 4.78. The van der Waals surface area contributed by atoms with Gasteiger partial charge in [0.25, 0.3) is 11.8 Å². The summed E-state index contributed by atoms with van der Waals surface area (Å²) in [5.41, 5.74) is 0.687. The highest BCUT2D eigenvalue weighted by Crippen LogP contribution is 2.33. The van der Waals surface area contributed by atoms with Gasteiger partial charge in [0.15, 0.2) is 6.10 Å². The van der Waals surface area contributed by atoms with Crippen molar-refractivity contribution in [2.24, 2.45) is 5.92 Å². The minimum absolute atomic E-state index is 0.0248. The maximum atomic E-state index is 12.5. The maximum Gasteiger partial charge on any atom is 0.305 e. The lowest BCUT2D eigenvalue weighted by Crippen LogP contribution is -2.39. The summed E-state index contributed by atoms with van der Waals surface area (Å²) in [6, 6.07) is 6.57. The number of benzene rings is 1. The van der Waals surface area contributed by atoms with Crippen molar-refractivity contribution >= 4 is 23.8 Å². The summed E-state index contributed by atoms with van der Waals surface area (Å²) in [7, 11) is 0. The molecule has 1 fully saturated rings. The highest BCUT2D eigenvalue weighted by Gasteiger charge is 2.48. The number of rotatable bonds is 4. The number of fused-ring (bicyclic) bond motifs is 1. The summed E-state index contributed by atoms with van der Waals surface area (Å²) < 4.78 is 16.0. The molecule has 3 rings (SSSR count). The SMILES string of the molecule is CC(=O)OC1O[C@H](CN2C(=O)c3ccccc3C2=O)[C@@H](C)[C@H]1OC(C)=O. The van der Waals surface area contributed by atoms with Crippen molar-refractivity contribution in [3.63, 3.8) is 0 Å². The molecule has 0 N–H and O–H groups in total. The Labute approximate surface area is 150 Å². The molecule has 1 aromatic rings. The van der Waals surface area contributed by atoms with Crippen LogP contribution in [0.15, 0.2) is 24.3 Å². The average molecular weight is 361 g/mol. The van der Waals surface area contributed by atoms with Crippen LogP contribution in [0.25, 0.3) is 0 Å². The Balaban J connectivity index is 1.78. The van der Waals surface area contributed by atoms with Crippen molar-refractivity contribution in [1.82, 2.24) is 4.90 Å². The Morgan fingerprint density at radius 3 is 2.08 bits per heavy atom. The fourth-order valence-electron chi connectivity index (χ4n) is 3.24. The predicted molar refractivity (Wildman–Crippen MR) is 87.0 cm³/mol. The van der Waals surface area contributed by atoms with Crippen molar-refractivity contribution in [1.29, 1.82) is 0 Å². The van der Waals surface area contributed by atoms with Gasteiger partial charge in [0.2, 0.25) is 6.29 Å². The fraction of sp³-hybridized carbons (Fsp3) is 0.444. The normalized spacial score (nSPS) is 27.4. The molecule has 1 unspecified atom stereocenters. The molecule has 0 aromatic heterocycles. The Bertz CT molecular complexity index is 740. The molecule has 2 amide bonds. The summed E-state index contributed by atoms with van der Waals surface area (Å²) >= 11 is 0. The topological polar surface area (TPSA) is 99.2 Å². The predicted octanol–water partition coefficient (Wildman–Crippen LogP) is 1.14. The van der Waals surface area contributed by atoms with E-state index in [0.29, 0.717) is 11.1 Å². The summed E-state index contributed by atoms with van der Waals surface area (Å²) in [5.74, 6) is -2.31. The monoisotopic (exact) mass is 361 g/mol. The molecule has 8 nitrogen and oxygen atoms in total. The quantitative estimate of drug-likeness (QED) is 0.586. The van der Waals surface area contributed by atoms with Crippen LogP contribution >= 0.6 is 0 Å². The highest BCUT2D eigenvalue weighted by molar-refractivity contribution is 6.21. The average Bonchev–Trinajstić information content (AvgIpc) is 2.98.